The standard InChI is InChI=1S/C36H39ClO4SSi/c1-35(2,3)43(31-17-10-6-11-18-31,32-19-12-7-13-20-32)41-36(33-23-22-29(40-4)27-28(33)24-26-37)25-14-21-34(36)42(38,39)30-15-8-5-9-16-30/h5-13,15-23,27H,14,24-26H2,1-4H3. The highest BCUT2D eigenvalue weighted by molar-refractivity contribution is 7.95. The lowest BCUT2D eigenvalue weighted by Crippen LogP contribution is -2.69. The Kier molecular flexibility index (Phi) is 9.05. The second-order valence-electron chi connectivity index (χ2n) is 12.0. The third kappa shape index (κ3) is 5.62. The first kappa shape index (κ1) is 31.3. The maximum atomic E-state index is 14.6. The molecule has 0 saturated carbocycles. The molecular weight excluding hydrogens is 592 g/mol. The lowest BCUT2D eigenvalue weighted by molar-refractivity contribution is 0.100. The Morgan fingerprint density at radius 3 is 1.91 bits per heavy atom. The molecule has 4 nitrogen and oxygen atoms in total. The minimum absolute atomic E-state index is 0.256. The van der Waals surface area contributed by atoms with Crippen LogP contribution in [0.1, 0.15) is 44.7 Å². The van der Waals surface area contributed by atoms with Crippen LogP contribution in [0, 0.1) is 0 Å². The summed E-state index contributed by atoms with van der Waals surface area (Å²) in [6.07, 6.45) is 3.46. The number of hydrogen-bond acceptors (Lipinski definition) is 4. The van der Waals surface area contributed by atoms with Gasteiger partial charge in [-0.1, -0.05) is 112 Å². The first-order valence-electron chi connectivity index (χ1n) is 14.7. The van der Waals surface area contributed by atoms with E-state index in [2.05, 4.69) is 45.0 Å². The number of aryl methyl sites for hydroxylation is 1. The van der Waals surface area contributed by atoms with Crippen LogP contribution in [0.15, 0.2) is 125 Å². The molecule has 4 aromatic carbocycles. The van der Waals surface area contributed by atoms with Gasteiger partial charge in [-0.25, -0.2) is 8.42 Å². The Morgan fingerprint density at radius 1 is 0.837 bits per heavy atom. The third-order valence-corrected chi connectivity index (χ3v) is 15.6. The fraction of sp³-hybridized carbons (Fsp3) is 0.278. The highest BCUT2D eigenvalue weighted by Crippen LogP contribution is 2.53. The van der Waals surface area contributed by atoms with Crippen LogP contribution in [-0.4, -0.2) is 29.7 Å². The van der Waals surface area contributed by atoms with Gasteiger partial charge in [0, 0.05) is 5.88 Å². The van der Waals surface area contributed by atoms with Gasteiger partial charge in [-0.15, -0.1) is 11.6 Å². The molecule has 4 aromatic rings. The topological polar surface area (TPSA) is 52.6 Å². The molecule has 0 bridgehead atoms. The number of methoxy groups -OCH3 is 1. The van der Waals surface area contributed by atoms with Gasteiger partial charge in [0.2, 0.25) is 9.84 Å². The molecule has 0 radical (unpaired) electrons. The van der Waals surface area contributed by atoms with Crippen molar-refractivity contribution in [3.63, 3.8) is 0 Å². The number of benzene rings is 4. The Balaban J connectivity index is 1.88. The maximum Gasteiger partial charge on any atom is 0.262 e. The van der Waals surface area contributed by atoms with Gasteiger partial charge in [0.1, 0.15) is 11.4 Å². The molecule has 0 N–H and O–H groups in total. The van der Waals surface area contributed by atoms with E-state index in [0.717, 1.165) is 21.5 Å². The van der Waals surface area contributed by atoms with E-state index in [1.807, 2.05) is 66.7 Å². The molecule has 5 rings (SSSR count). The first-order valence-corrected chi connectivity index (χ1v) is 18.6. The zero-order valence-electron chi connectivity index (χ0n) is 25.2. The number of sulfone groups is 1. The van der Waals surface area contributed by atoms with Crippen LogP contribution in [0.3, 0.4) is 0 Å². The van der Waals surface area contributed by atoms with E-state index >= 15 is 0 Å². The number of rotatable bonds is 10. The number of alkyl halides is 1. The van der Waals surface area contributed by atoms with E-state index in [1.54, 1.807) is 31.4 Å². The van der Waals surface area contributed by atoms with Crippen molar-refractivity contribution in [2.75, 3.05) is 13.0 Å². The highest BCUT2D eigenvalue weighted by atomic mass is 35.5. The number of ether oxygens (including phenoxy) is 1. The molecule has 1 aliphatic carbocycles. The van der Waals surface area contributed by atoms with Crippen molar-refractivity contribution in [2.45, 2.75) is 55.6 Å². The number of allylic oxidation sites excluding steroid dienone is 1. The SMILES string of the molecule is COc1ccc(C2(O[Si](c3ccccc3)(c3ccccc3)C(C)(C)C)CCC=C2S(=O)(=O)c2ccccc2)c(CCCl)c1. The maximum absolute atomic E-state index is 14.6. The molecule has 224 valence electrons. The number of hydrogen-bond donors (Lipinski definition) is 0. The molecule has 7 heteroatoms. The van der Waals surface area contributed by atoms with Crippen molar-refractivity contribution in [1.29, 1.82) is 0 Å². The molecule has 0 saturated heterocycles. The van der Waals surface area contributed by atoms with E-state index in [-0.39, 0.29) is 9.93 Å². The summed E-state index contributed by atoms with van der Waals surface area (Å²) in [5.41, 5.74) is 0.488. The minimum Gasteiger partial charge on any atom is -0.497 e. The molecule has 1 aliphatic rings. The van der Waals surface area contributed by atoms with Gasteiger partial charge in [0.25, 0.3) is 8.32 Å². The predicted molar refractivity (Wildman–Crippen MR) is 179 cm³/mol. The van der Waals surface area contributed by atoms with Crippen molar-refractivity contribution in [3.05, 3.63) is 131 Å². The molecule has 0 fully saturated rings. The smallest absolute Gasteiger partial charge is 0.262 e. The monoisotopic (exact) mass is 630 g/mol. The molecule has 0 spiro atoms. The van der Waals surface area contributed by atoms with Crippen molar-refractivity contribution in [1.82, 2.24) is 0 Å². The largest absolute Gasteiger partial charge is 0.497 e. The summed E-state index contributed by atoms with van der Waals surface area (Å²) in [7, 11) is -5.52. The van der Waals surface area contributed by atoms with E-state index in [1.165, 1.54) is 0 Å². The quantitative estimate of drug-likeness (QED) is 0.135. The normalized spacial score (nSPS) is 17.5. The van der Waals surface area contributed by atoms with Crippen molar-refractivity contribution < 1.29 is 17.6 Å². The summed E-state index contributed by atoms with van der Waals surface area (Å²) in [6, 6.07) is 35.3. The molecule has 0 aliphatic heterocycles. The van der Waals surface area contributed by atoms with Gasteiger partial charge in [-0.3, -0.25) is 0 Å². The molecular formula is C36H39ClO4SSi. The summed E-state index contributed by atoms with van der Waals surface area (Å²) in [5.74, 6) is 1.07. The van der Waals surface area contributed by atoms with Crippen molar-refractivity contribution in [2.24, 2.45) is 0 Å². The van der Waals surface area contributed by atoms with Crippen LogP contribution < -0.4 is 15.1 Å². The Morgan fingerprint density at radius 2 is 1.40 bits per heavy atom. The average Bonchev–Trinajstić information content (AvgIpc) is 3.46. The van der Waals surface area contributed by atoms with Gasteiger partial charge in [0.15, 0.2) is 0 Å². The van der Waals surface area contributed by atoms with Crippen molar-refractivity contribution >= 4 is 40.1 Å². The Labute approximate surface area is 262 Å². The molecule has 0 amide bonds. The van der Waals surface area contributed by atoms with Crippen LogP contribution in [0.2, 0.25) is 5.04 Å². The van der Waals surface area contributed by atoms with E-state index in [4.69, 9.17) is 20.8 Å². The second kappa shape index (κ2) is 12.4. The molecule has 43 heavy (non-hydrogen) atoms. The summed E-state index contributed by atoms with van der Waals surface area (Å²) >= 11 is 6.37. The summed E-state index contributed by atoms with van der Waals surface area (Å²) in [6.45, 7) is 6.64. The number of halogens is 1. The average molecular weight is 631 g/mol. The highest BCUT2D eigenvalue weighted by Gasteiger charge is 2.58. The van der Waals surface area contributed by atoms with Crippen LogP contribution in [0.5, 0.6) is 5.75 Å². The van der Waals surface area contributed by atoms with Crippen LogP contribution >= 0.6 is 11.6 Å². The third-order valence-electron chi connectivity index (χ3n) is 8.42. The summed E-state index contributed by atoms with van der Waals surface area (Å²) in [5, 5.41) is 1.80. The van der Waals surface area contributed by atoms with Crippen molar-refractivity contribution in [3.8, 4) is 5.75 Å². The summed E-state index contributed by atoms with van der Waals surface area (Å²) < 4.78 is 42.8. The van der Waals surface area contributed by atoms with Gasteiger partial charge < -0.3 is 9.16 Å². The van der Waals surface area contributed by atoms with Gasteiger partial charge in [0.05, 0.1) is 16.9 Å². The van der Waals surface area contributed by atoms with Gasteiger partial charge >= 0.3 is 0 Å². The lowest BCUT2D eigenvalue weighted by Gasteiger charge is -2.50. The fourth-order valence-corrected chi connectivity index (χ4v) is 13.3. The zero-order chi connectivity index (χ0) is 30.7. The Bertz CT molecular complexity index is 1640. The van der Waals surface area contributed by atoms with E-state index < -0.39 is 23.8 Å². The fourth-order valence-electron chi connectivity index (χ4n) is 6.48. The predicted octanol–water partition coefficient (Wildman–Crippen LogP) is 7.40. The molecule has 1 unspecified atom stereocenters. The van der Waals surface area contributed by atoms with E-state index in [0.29, 0.717) is 35.8 Å². The zero-order valence-corrected chi connectivity index (χ0v) is 27.8. The van der Waals surface area contributed by atoms with Crippen LogP contribution in [0.4, 0.5) is 0 Å². The van der Waals surface area contributed by atoms with Gasteiger partial charge in [-0.2, -0.15) is 0 Å². The van der Waals surface area contributed by atoms with Gasteiger partial charge in [-0.05, 0) is 70.1 Å². The van der Waals surface area contributed by atoms with E-state index in [9.17, 15) is 8.42 Å². The lowest BCUT2D eigenvalue weighted by atomic mass is 9.88. The molecule has 0 heterocycles. The summed E-state index contributed by atoms with van der Waals surface area (Å²) in [4.78, 5) is 0.547. The van der Waals surface area contributed by atoms with Crippen LogP contribution in [-0.2, 0) is 26.3 Å². The first-order chi connectivity index (χ1) is 20.6. The minimum atomic E-state index is -3.93. The second-order valence-corrected chi connectivity index (χ2v) is 18.5. The molecule has 1 atom stereocenters. The van der Waals surface area contributed by atoms with Crippen LogP contribution in [0.25, 0.3) is 0 Å². The Hall–Kier alpha value is -3.16. The molecule has 0 aromatic heterocycles.